The Kier molecular flexibility index (Phi) is 4.93. The zero-order valence-electron chi connectivity index (χ0n) is 12.8. The molecule has 0 radical (unpaired) electrons. The molecule has 4 nitrogen and oxygen atoms in total. The van der Waals surface area contributed by atoms with Crippen LogP contribution >= 0.6 is 11.8 Å². The van der Waals surface area contributed by atoms with Crippen molar-refractivity contribution in [1.82, 2.24) is 4.90 Å². The number of carbonyl (C=O) groups is 2. The molecule has 0 aliphatic carbocycles. The van der Waals surface area contributed by atoms with Gasteiger partial charge in [0.05, 0.1) is 5.25 Å². The zero-order valence-corrected chi connectivity index (χ0v) is 13.6. The van der Waals surface area contributed by atoms with Crippen molar-refractivity contribution in [2.45, 2.75) is 56.2 Å². The summed E-state index contributed by atoms with van der Waals surface area (Å²) in [6, 6.07) is 5.80. The summed E-state index contributed by atoms with van der Waals surface area (Å²) in [4.78, 5) is 27.0. The Morgan fingerprint density at radius 1 is 1.33 bits per heavy atom. The highest BCUT2D eigenvalue weighted by Crippen LogP contribution is 2.36. The van der Waals surface area contributed by atoms with Crippen LogP contribution in [0.2, 0.25) is 0 Å². The summed E-state index contributed by atoms with van der Waals surface area (Å²) in [7, 11) is 0. The van der Waals surface area contributed by atoms with Crippen molar-refractivity contribution in [2.75, 3.05) is 5.73 Å². The smallest absolute Gasteiger partial charge is 0.243 e. The molecule has 0 aromatic heterocycles. The van der Waals surface area contributed by atoms with Gasteiger partial charge in [-0.2, -0.15) is 0 Å². The monoisotopic (exact) mass is 306 g/mol. The second-order valence-corrected chi connectivity index (χ2v) is 6.67. The van der Waals surface area contributed by atoms with Crippen molar-refractivity contribution < 1.29 is 9.59 Å². The molecule has 0 bridgehead atoms. The van der Waals surface area contributed by atoms with E-state index in [0.29, 0.717) is 5.69 Å². The van der Waals surface area contributed by atoms with Gasteiger partial charge in [0, 0.05) is 23.0 Å². The van der Waals surface area contributed by atoms with Gasteiger partial charge in [0.15, 0.2) is 0 Å². The van der Waals surface area contributed by atoms with Gasteiger partial charge in [-0.25, -0.2) is 0 Å². The number of amides is 2. The zero-order chi connectivity index (χ0) is 15.6. The van der Waals surface area contributed by atoms with Crippen LogP contribution in [0.25, 0.3) is 0 Å². The molecule has 1 aromatic rings. The highest BCUT2D eigenvalue weighted by Gasteiger charge is 2.41. The number of imide groups is 1. The molecule has 1 aliphatic rings. The maximum Gasteiger partial charge on any atom is 0.243 e. The molecule has 2 amide bonds. The Hall–Kier alpha value is -1.49. The quantitative estimate of drug-likeness (QED) is 0.671. The van der Waals surface area contributed by atoms with E-state index in [1.54, 1.807) is 0 Å². The molecule has 1 aromatic carbocycles. The highest BCUT2D eigenvalue weighted by atomic mass is 32.2. The minimum absolute atomic E-state index is 0.0194. The van der Waals surface area contributed by atoms with E-state index in [-0.39, 0.29) is 29.5 Å². The normalized spacial score (nSPS) is 18.9. The van der Waals surface area contributed by atoms with Crippen molar-refractivity contribution in [3.8, 4) is 0 Å². The molecule has 2 N–H and O–H groups in total. The van der Waals surface area contributed by atoms with E-state index in [9.17, 15) is 9.59 Å². The SMILES string of the molecule is CCC(CC)N1C(=O)CC(Sc2ccc(C)cc2N)C1=O. The average Bonchev–Trinajstić information content (AvgIpc) is 2.71. The fourth-order valence-corrected chi connectivity index (χ4v) is 3.77. The number of hydrogen-bond donors (Lipinski definition) is 1. The van der Waals surface area contributed by atoms with Gasteiger partial charge in [-0.1, -0.05) is 19.9 Å². The van der Waals surface area contributed by atoms with Crippen LogP contribution in [0, 0.1) is 6.92 Å². The number of nitrogens with two attached hydrogens (primary N) is 1. The lowest BCUT2D eigenvalue weighted by Crippen LogP contribution is -2.40. The first-order valence-corrected chi connectivity index (χ1v) is 8.24. The van der Waals surface area contributed by atoms with E-state index in [1.807, 2.05) is 39.0 Å². The minimum atomic E-state index is -0.344. The van der Waals surface area contributed by atoms with E-state index >= 15 is 0 Å². The van der Waals surface area contributed by atoms with E-state index in [0.717, 1.165) is 23.3 Å². The molecule has 114 valence electrons. The maximum atomic E-state index is 12.5. The Balaban J connectivity index is 2.15. The van der Waals surface area contributed by atoms with Crippen LogP contribution in [0.15, 0.2) is 23.1 Å². The molecule has 1 heterocycles. The summed E-state index contributed by atoms with van der Waals surface area (Å²) in [5, 5.41) is -0.344. The summed E-state index contributed by atoms with van der Waals surface area (Å²) in [5.74, 6) is -0.129. The maximum absolute atomic E-state index is 12.5. The van der Waals surface area contributed by atoms with Crippen LogP contribution in [-0.4, -0.2) is 28.0 Å². The molecule has 5 heteroatoms. The summed E-state index contributed by atoms with van der Waals surface area (Å²) in [6.45, 7) is 5.99. The van der Waals surface area contributed by atoms with Crippen molar-refractivity contribution in [1.29, 1.82) is 0 Å². The Bertz CT molecular complexity index is 555. The molecule has 21 heavy (non-hydrogen) atoms. The largest absolute Gasteiger partial charge is 0.398 e. The molecular formula is C16H22N2O2S. The van der Waals surface area contributed by atoms with Gasteiger partial charge < -0.3 is 5.73 Å². The topological polar surface area (TPSA) is 63.4 Å². The number of likely N-dealkylation sites (tertiary alicyclic amines) is 1. The Morgan fingerprint density at radius 2 is 2.00 bits per heavy atom. The first-order chi connectivity index (χ1) is 9.97. The van der Waals surface area contributed by atoms with E-state index in [1.165, 1.54) is 16.7 Å². The van der Waals surface area contributed by atoms with E-state index in [4.69, 9.17) is 5.73 Å². The fourth-order valence-electron chi connectivity index (χ4n) is 2.68. The van der Waals surface area contributed by atoms with Gasteiger partial charge in [-0.15, -0.1) is 11.8 Å². The minimum Gasteiger partial charge on any atom is -0.398 e. The number of thioether (sulfide) groups is 1. The molecule has 1 saturated heterocycles. The molecule has 1 atom stereocenters. The van der Waals surface area contributed by atoms with Gasteiger partial charge in [0.1, 0.15) is 0 Å². The summed E-state index contributed by atoms with van der Waals surface area (Å²) < 4.78 is 0. The van der Waals surface area contributed by atoms with Gasteiger partial charge >= 0.3 is 0 Å². The van der Waals surface area contributed by atoms with E-state index < -0.39 is 0 Å². The van der Waals surface area contributed by atoms with E-state index in [2.05, 4.69) is 0 Å². The molecular weight excluding hydrogens is 284 g/mol. The third kappa shape index (κ3) is 3.23. The van der Waals surface area contributed by atoms with Crippen molar-refractivity contribution in [2.24, 2.45) is 0 Å². The number of hydrogen-bond acceptors (Lipinski definition) is 4. The van der Waals surface area contributed by atoms with Crippen molar-refractivity contribution in [3.63, 3.8) is 0 Å². The van der Waals surface area contributed by atoms with Gasteiger partial charge in [0.25, 0.3) is 0 Å². The number of nitrogens with zero attached hydrogens (tertiary/aromatic N) is 1. The Morgan fingerprint density at radius 3 is 2.57 bits per heavy atom. The van der Waals surface area contributed by atoms with Crippen LogP contribution in [0.3, 0.4) is 0 Å². The van der Waals surface area contributed by atoms with Crippen LogP contribution in [0.1, 0.15) is 38.7 Å². The predicted octanol–water partition coefficient (Wildman–Crippen LogP) is 2.99. The lowest BCUT2D eigenvalue weighted by atomic mass is 10.1. The fraction of sp³-hybridized carbons (Fsp3) is 0.500. The first kappa shape index (κ1) is 15.9. The van der Waals surface area contributed by atoms with Crippen LogP contribution in [-0.2, 0) is 9.59 Å². The second-order valence-electron chi connectivity index (χ2n) is 5.42. The van der Waals surface area contributed by atoms with Gasteiger partial charge in [0.2, 0.25) is 11.8 Å². The molecule has 1 aliphatic heterocycles. The second kappa shape index (κ2) is 6.52. The lowest BCUT2D eigenvalue weighted by Gasteiger charge is -2.24. The molecule has 2 rings (SSSR count). The molecule has 1 unspecified atom stereocenters. The number of nitrogen functional groups attached to an aromatic ring is 1. The number of aryl methyl sites for hydroxylation is 1. The standard InChI is InChI=1S/C16H22N2O2S/c1-4-11(5-2)18-15(19)9-14(16(18)20)21-13-7-6-10(3)8-12(13)17/h6-8,11,14H,4-5,9,17H2,1-3H3. The third-order valence-corrected chi connectivity index (χ3v) is 5.16. The van der Waals surface area contributed by atoms with Gasteiger partial charge in [-0.05, 0) is 37.5 Å². The summed E-state index contributed by atoms with van der Waals surface area (Å²) >= 11 is 1.40. The third-order valence-electron chi connectivity index (χ3n) is 3.88. The van der Waals surface area contributed by atoms with Crippen LogP contribution in [0.4, 0.5) is 5.69 Å². The van der Waals surface area contributed by atoms with Gasteiger partial charge in [-0.3, -0.25) is 14.5 Å². The number of carbonyl (C=O) groups excluding carboxylic acids is 2. The molecule has 0 saturated carbocycles. The Labute approximate surface area is 130 Å². The number of benzene rings is 1. The van der Waals surface area contributed by atoms with Crippen LogP contribution < -0.4 is 5.73 Å². The van der Waals surface area contributed by atoms with Crippen LogP contribution in [0.5, 0.6) is 0 Å². The highest BCUT2D eigenvalue weighted by molar-refractivity contribution is 8.00. The summed E-state index contributed by atoms with van der Waals surface area (Å²) in [6.07, 6.45) is 1.88. The average molecular weight is 306 g/mol. The van der Waals surface area contributed by atoms with Crippen molar-refractivity contribution >= 4 is 29.3 Å². The first-order valence-electron chi connectivity index (χ1n) is 7.36. The lowest BCUT2D eigenvalue weighted by molar-refractivity contribution is -0.141. The summed E-state index contributed by atoms with van der Waals surface area (Å²) in [5.41, 5.74) is 7.75. The predicted molar refractivity (Wildman–Crippen MR) is 86.1 cm³/mol. The number of rotatable bonds is 5. The molecule has 0 spiro atoms. The molecule has 1 fully saturated rings. The van der Waals surface area contributed by atoms with Crippen molar-refractivity contribution in [3.05, 3.63) is 23.8 Å². The number of anilines is 1.